The second-order valence-electron chi connectivity index (χ2n) is 6.68. The minimum atomic E-state index is -0.602. The molecule has 0 bridgehead atoms. The van der Waals surface area contributed by atoms with Gasteiger partial charge in [0.2, 0.25) is 5.91 Å². The molecular formula is C22H24N2O4. The lowest BCUT2D eigenvalue weighted by molar-refractivity contribution is -0.124. The van der Waals surface area contributed by atoms with Crippen LogP contribution in [0.5, 0.6) is 0 Å². The number of nitrogens with zero attached hydrogens (tertiary/aromatic N) is 1. The van der Waals surface area contributed by atoms with Crippen LogP contribution in [0.3, 0.4) is 0 Å². The molecule has 0 aromatic heterocycles. The molecule has 1 aliphatic heterocycles. The molecule has 1 heterocycles. The van der Waals surface area contributed by atoms with Crippen molar-refractivity contribution in [3.63, 3.8) is 0 Å². The lowest BCUT2D eigenvalue weighted by Crippen LogP contribution is -2.30. The Balaban J connectivity index is 1.45. The summed E-state index contributed by atoms with van der Waals surface area (Å²) < 4.78 is 5.15. The number of carbonyl (C=O) groups excluding carboxylic acids is 3. The SMILES string of the molecule is O=C(COC(=O)c1ccccc1N1CCCC1=O)NCCCc1ccccc1. The standard InChI is InChI=1S/C22H24N2O4/c25-20(23-14-6-10-17-8-2-1-3-9-17)16-28-22(27)18-11-4-5-12-19(18)24-15-7-13-21(24)26/h1-5,8-9,11-12H,6-7,10,13-16H2,(H,23,25). The number of amides is 2. The highest BCUT2D eigenvalue weighted by Crippen LogP contribution is 2.25. The average Bonchev–Trinajstić information content (AvgIpc) is 3.16. The van der Waals surface area contributed by atoms with Crippen molar-refractivity contribution in [2.24, 2.45) is 0 Å². The molecule has 1 fully saturated rings. The fraction of sp³-hybridized carbons (Fsp3) is 0.318. The Labute approximate surface area is 164 Å². The lowest BCUT2D eigenvalue weighted by atomic mass is 10.1. The highest BCUT2D eigenvalue weighted by Gasteiger charge is 2.26. The molecule has 146 valence electrons. The maximum Gasteiger partial charge on any atom is 0.340 e. The van der Waals surface area contributed by atoms with Crippen molar-refractivity contribution in [3.05, 3.63) is 65.7 Å². The molecule has 0 saturated carbocycles. The maximum atomic E-state index is 12.4. The zero-order valence-electron chi connectivity index (χ0n) is 15.7. The Morgan fingerprint density at radius 2 is 1.79 bits per heavy atom. The Kier molecular flexibility index (Phi) is 6.78. The first-order valence-electron chi connectivity index (χ1n) is 9.52. The van der Waals surface area contributed by atoms with Gasteiger partial charge in [-0.1, -0.05) is 42.5 Å². The lowest BCUT2D eigenvalue weighted by Gasteiger charge is -2.18. The predicted octanol–water partition coefficient (Wildman–Crippen LogP) is 2.72. The van der Waals surface area contributed by atoms with Gasteiger partial charge in [-0.05, 0) is 37.0 Å². The number of rotatable bonds is 8. The molecule has 28 heavy (non-hydrogen) atoms. The Morgan fingerprint density at radius 3 is 2.54 bits per heavy atom. The number of para-hydroxylation sites is 1. The van der Waals surface area contributed by atoms with Crippen LogP contribution in [-0.2, 0) is 20.7 Å². The molecule has 6 nitrogen and oxygen atoms in total. The van der Waals surface area contributed by atoms with Crippen molar-refractivity contribution >= 4 is 23.5 Å². The van der Waals surface area contributed by atoms with E-state index >= 15 is 0 Å². The van der Waals surface area contributed by atoms with E-state index in [-0.39, 0.29) is 18.4 Å². The molecule has 2 aromatic rings. The van der Waals surface area contributed by atoms with Crippen molar-refractivity contribution < 1.29 is 19.1 Å². The van der Waals surface area contributed by atoms with Gasteiger partial charge in [-0.2, -0.15) is 0 Å². The van der Waals surface area contributed by atoms with Crippen LogP contribution in [0.4, 0.5) is 5.69 Å². The van der Waals surface area contributed by atoms with Gasteiger partial charge >= 0.3 is 5.97 Å². The first-order valence-corrected chi connectivity index (χ1v) is 9.52. The van der Waals surface area contributed by atoms with Crippen molar-refractivity contribution in [1.29, 1.82) is 0 Å². The van der Waals surface area contributed by atoms with Crippen LogP contribution in [0, 0.1) is 0 Å². The number of ether oxygens (including phenoxy) is 1. The molecule has 0 radical (unpaired) electrons. The quantitative estimate of drug-likeness (QED) is 0.564. The normalized spacial score (nSPS) is 13.4. The van der Waals surface area contributed by atoms with E-state index in [1.54, 1.807) is 29.2 Å². The van der Waals surface area contributed by atoms with E-state index in [0.717, 1.165) is 19.3 Å². The number of aryl methyl sites for hydroxylation is 1. The second kappa shape index (κ2) is 9.69. The molecule has 0 aliphatic carbocycles. The molecule has 0 atom stereocenters. The van der Waals surface area contributed by atoms with Crippen LogP contribution in [0.15, 0.2) is 54.6 Å². The van der Waals surface area contributed by atoms with Gasteiger partial charge in [-0.15, -0.1) is 0 Å². The van der Waals surface area contributed by atoms with Gasteiger partial charge in [0.1, 0.15) is 0 Å². The van der Waals surface area contributed by atoms with Crippen molar-refractivity contribution in [2.75, 3.05) is 24.6 Å². The summed E-state index contributed by atoms with van der Waals surface area (Å²) in [5.74, 6) is -0.942. The number of carbonyl (C=O) groups is 3. The first kappa shape index (κ1) is 19.6. The second-order valence-corrected chi connectivity index (χ2v) is 6.68. The maximum absolute atomic E-state index is 12.4. The first-order chi connectivity index (χ1) is 13.6. The Morgan fingerprint density at radius 1 is 1.04 bits per heavy atom. The largest absolute Gasteiger partial charge is 0.452 e. The number of esters is 1. The molecule has 2 amide bonds. The topological polar surface area (TPSA) is 75.7 Å². The molecule has 0 spiro atoms. The summed E-state index contributed by atoms with van der Waals surface area (Å²) in [6.07, 6.45) is 2.93. The van der Waals surface area contributed by atoms with Crippen LogP contribution in [0.2, 0.25) is 0 Å². The third-order valence-corrected chi connectivity index (χ3v) is 4.63. The fourth-order valence-electron chi connectivity index (χ4n) is 3.21. The Hall–Kier alpha value is -3.15. The van der Waals surface area contributed by atoms with E-state index in [4.69, 9.17) is 4.74 Å². The van der Waals surface area contributed by atoms with Gasteiger partial charge in [-0.25, -0.2) is 4.79 Å². The molecule has 3 rings (SSSR count). The van der Waals surface area contributed by atoms with Gasteiger partial charge in [-0.3, -0.25) is 9.59 Å². The minimum Gasteiger partial charge on any atom is -0.452 e. The molecule has 1 saturated heterocycles. The summed E-state index contributed by atoms with van der Waals surface area (Å²) in [5, 5.41) is 2.76. The van der Waals surface area contributed by atoms with Crippen LogP contribution in [0.25, 0.3) is 0 Å². The van der Waals surface area contributed by atoms with Crippen LogP contribution in [0.1, 0.15) is 35.2 Å². The molecule has 1 N–H and O–H groups in total. The molecule has 0 unspecified atom stereocenters. The van der Waals surface area contributed by atoms with E-state index in [0.29, 0.717) is 30.8 Å². The summed E-state index contributed by atoms with van der Waals surface area (Å²) in [7, 11) is 0. The zero-order chi connectivity index (χ0) is 19.8. The van der Waals surface area contributed by atoms with Gasteiger partial charge in [0, 0.05) is 19.5 Å². The number of hydrogen-bond donors (Lipinski definition) is 1. The van der Waals surface area contributed by atoms with Gasteiger partial charge in [0.25, 0.3) is 5.91 Å². The third kappa shape index (κ3) is 5.19. The monoisotopic (exact) mass is 380 g/mol. The van der Waals surface area contributed by atoms with Crippen LogP contribution in [-0.4, -0.2) is 37.5 Å². The highest BCUT2D eigenvalue weighted by molar-refractivity contribution is 6.03. The van der Waals surface area contributed by atoms with Crippen molar-refractivity contribution in [2.45, 2.75) is 25.7 Å². The Bertz CT molecular complexity index is 835. The number of benzene rings is 2. The molecule has 1 aliphatic rings. The zero-order valence-corrected chi connectivity index (χ0v) is 15.7. The number of nitrogens with one attached hydrogen (secondary N) is 1. The fourth-order valence-corrected chi connectivity index (χ4v) is 3.21. The van der Waals surface area contributed by atoms with E-state index < -0.39 is 5.97 Å². The summed E-state index contributed by atoms with van der Waals surface area (Å²) in [6.45, 7) is 0.765. The van der Waals surface area contributed by atoms with Gasteiger partial charge < -0.3 is 15.0 Å². The number of hydrogen-bond acceptors (Lipinski definition) is 4. The van der Waals surface area contributed by atoms with E-state index in [9.17, 15) is 14.4 Å². The molecule has 2 aromatic carbocycles. The smallest absolute Gasteiger partial charge is 0.340 e. The van der Waals surface area contributed by atoms with Crippen molar-refractivity contribution in [1.82, 2.24) is 5.32 Å². The average molecular weight is 380 g/mol. The van der Waals surface area contributed by atoms with Crippen LogP contribution < -0.4 is 10.2 Å². The van der Waals surface area contributed by atoms with Gasteiger partial charge in [0.05, 0.1) is 11.3 Å². The van der Waals surface area contributed by atoms with Crippen molar-refractivity contribution in [3.8, 4) is 0 Å². The highest BCUT2D eigenvalue weighted by atomic mass is 16.5. The summed E-state index contributed by atoms with van der Waals surface area (Å²) in [5.41, 5.74) is 2.06. The minimum absolute atomic E-state index is 0.00332. The number of anilines is 1. The summed E-state index contributed by atoms with van der Waals surface area (Å²) in [4.78, 5) is 37.9. The van der Waals surface area contributed by atoms with E-state index in [2.05, 4.69) is 5.32 Å². The molecular weight excluding hydrogens is 356 g/mol. The van der Waals surface area contributed by atoms with E-state index in [1.165, 1.54) is 5.56 Å². The van der Waals surface area contributed by atoms with Gasteiger partial charge in [0.15, 0.2) is 6.61 Å². The summed E-state index contributed by atoms with van der Waals surface area (Å²) in [6, 6.07) is 16.9. The van der Waals surface area contributed by atoms with Crippen LogP contribution >= 0.6 is 0 Å². The summed E-state index contributed by atoms with van der Waals surface area (Å²) >= 11 is 0. The third-order valence-electron chi connectivity index (χ3n) is 4.63. The molecule has 6 heteroatoms. The van der Waals surface area contributed by atoms with E-state index in [1.807, 2.05) is 30.3 Å². The predicted molar refractivity (Wildman–Crippen MR) is 106 cm³/mol.